The number of hydrogen-bond acceptors (Lipinski definition) is 2. The molecule has 0 saturated carbocycles. The molecule has 3 heteroatoms. The van der Waals surface area contributed by atoms with Crippen molar-refractivity contribution in [2.75, 3.05) is 26.2 Å². The van der Waals surface area contributed by atoms with Gasteiger partial charge in [0.15, 0.2) is 0 Å². The van der Waals surface area contributed by atoms with Gasteiger partial charge in [0.05, 0.1) is 5.92 Å². The van der Waals surface area contributed by atoms with Crippen molar-refractivity contribution in [1.82, 2.24) is 10.2 Å². The fourth-order valence-corrected chi connectivity index (χ4v) is 2.84. The standard InChI is InChI=1S/C18H20N2O.C2H4/c21-18(20-13-11-19-12-14-20)17(15-7-3-1-4-8-15)16-9-5-2-6-10-16;1-2/h1-10,17,19H,11-14H2;1-2H2. The second kappa shape index (κ2) is 8.91. The predicted molar refractivity (Wildman–Crippen MR) is 95.4 cm³/mol. The molecule has 0 atom stereocenters. The van der Waals surface area contributed by atoms with Crippen LogP contribution in [0.2, 0.25) is 0 Å². The fraction of sp³-hybridized carbons (Fsp3) is 0.250. The molecule has 3 nitrogen and oxygen atoms in total. The maximum atomic E-state index is 13.0. The van der Waals surface area contributed by atoms with Gasteiger partial charge in [-0.1, -0.05) is 60.7 Å². The normalized spacial score (nSPS) is 14.0. The molecule has 23 heavy (non-hydrogen) atoms. The summed E-state index contributed by atoms with van der Waals surface area (Å²) in [4.78, 5) is 15.0. The fourth-order valence-electron chi connectivity index (χ4n) is 2.84. The Morgan fingerprint density at radius 1 is 0.870 bits per heavy atom. The highest BCUT2D eigenvalue weighted by atomic mass is 16.2. The number of benzene rings is 2. The van der Waals surface area contributed by atoms with Gasteiger partial charge in [-0.25, -0.2) is 0 Å². The summed E-state index contributed by atoms with van der Waals surface area (Å²) in [5.41, 5.74) is 2.12. The number of rotatable bonds is 3. The van der Waals surface area contributed by atoms with E-state index in [4.69, 9.17) is 0 Å². The Labute approximate surface area is 138 Å². The largest absolute Gasteiger partial charge is 0.339 e. The summed E-state index contributed by atoms with van der Waals surface area (Å²) in [6.07, 6.45) is 0. The minimum Gasteiger partial charge on any atom is -0.339 e. The van der Waals surface area contributed by atoms with Crippen molar-refractivity contribution < 1.29 is 4.79 Å². The summed E-state index contributed by atoms with van der Waals surface area (Å²) in [5, 5.41) is 3.29. The Morgan fingerprint density at radius 2 is 1.30 bits per heavy atom. The van der Waals surface area contributed by atoms with Crippen LogP contribution in [-0.2, 0) is 4.79 Å². The van der Waals surface area contributed by atoms with E-state index in [0.717, 1.165) is 37.3 Å². The first-order chi connectivity index (χ1) is 11.4. The van der Waals surface area contributed by atoms with Crippen LogP contribution in [0.1, 0.15) is 17.0 Å². The lowest BCUT2D eigenvalue weighted by Gasteiger charge is -2.31. The number of hydrogen-bond donors (Lipinski definition) is 1. The number of carbonyl (C=O) groups is 1. The van der Waals surface area contributed by atoms with Crippen molar-refractivity contribution >= 4 is 5.91 Å². The van der Waals surface area contributed by atoms with Crippen LogP contribution in [0, 0.1) is 0 Å². The lowest BCUT2D eigenvalue weighted by molar-refractivity contribution is -0.132. The van der Waals surface area contributed by atoms with Crippen LogP contribution in [0.15, 0.2) is 73.8 Å². The van der Waals surface area contributed by atoms with E-state index in [0.29, 0.717) is 0 Å². The highest BCUT2D eigenvalue weighted by Crippen LogP contribution is 2.26. The molecular formula is C20H24N2O. The van der Waals surface area contributed by atoms with Gasteiger partial charge in [-0.05, 0) is 11.1 Å². The van der Waals surface area contributed by atoms with Crippen molar-refractivity contribution in [3.63, 3.8) is 0 Å². The van der Waals surface area contributed by atoms with E-state index >= 15 is 0 Å². The summed E-state index contributed by atoms with van der Waals surface area (Å²) in [6, 6.07) is 20.1. The smallest absolute Gasteiger partial charge is 0.234 e. The molecule has 0 aliphatic carbocycles. The number of amides is 1. The monoisotopic (exact) mass is 308 g/mol. The maximum Gasteiger partial charge on any atom is 0.234 e. The zero-order valence-corrected chi connectivity index (χ0v) is 13.4. The number of nitrogens with one attached hydrogen (secondary N) is 1. The second-order valence-electron chi connectivity index (χ2n) is 5.33. The Bertz CT molecular complexity index is 552. The molecule has 3 rings (SSSR count). The average Bonchev–Trinajstić information content (AvgIpc) is 2.66. The third kappa shape index (κ3) is 4.30. The molecule has 2 aromatic rings. The van der Waals surface area contributed by atoms with Gasteiger partial charge in [0, 0.05) is 26.2 Å². The topological polar surface area (TPSA) is 32.3 Å². The van der Waals surface area contributed by atoms with Gasteiger partial charge in [0.1, 0.15) is 0 Å². The minimum atomic E-state index is -0.203. The predicted octanol–water partition coefficient (Wildman–Crippen LogP) is 3.05. The number of carbonyl (C=O) groups excluding carboxylic acids is 1. The third-order valence-electron chi connectivity index (χ3n) is 3.94. The van der Waals surface area contributed by atoms with Crippen LogP contribution in [0.4, 0.5) is 0 Å². The van der Waals surface area contributed by atoms with E-state index in [1.165, 1.54) is 0 Å². The molecule has 0 spiro atoms. The van der Waals surface area contributed by atoms with Crippen LogP contribution in [0.3, 0.4) is 0 Å². The third-order valence-corrected chi connectivity index (χ3v) is 3.94. The molecule has 1 aliphatic heterocycles. The molecule has 1 N–H and O–H groups in total. The first-order valence-electron chi connectivity index (χ1n) is 7.95. The van der Waals surface area contributed by atoms with Crippen molar-refractivity contribution in [2.24, 2.45) is 0 Å². The van der Waals surface area contributed by atoms with Crippen LogP contribution < -0.4 is 5.32 Å². The van der Waals surface area contributed by atoms with Crippen molar-refractivity contribution in [3.8, 4) is 0 Å². The summed E-state index contributed by atoms with van der Waals surface area (Å²) >= 11 is 0. The minimum absolute atomic E-state index is 0.203. The van der Waals surface area contributed by atoms with E-state index in [9.17, 15) is 4.79 Å². The lowest BCUT2D eigenvalue weighted by atomic mass is 9.90. The molecule has 0 aromatic heterocycles. The van der Waals surface area contributed by atoms with Gasteiger partial charge >= 0.3 is 0 Å². The van der Waals surface area contributed by atoms with Crippen LogP contribution in [0.25, 0.3) is 0 Å². The second-order valence-corrected chi connectivity index (χ2v) is 5.33. The van der Waals surface area contributed by atoms with Gasteiger partial charge in [-0.3, -0.25) is 4.79 Å². The van der Waals surface area contributed by atoms with Crippen molar-refractivity contribution in [3.05, 3.63) is 84.9 Å². The van der Waals surface area contributed by atoms with Crippen molar-refractivity contribution in [1.29, 1.82) is 0 Å². The van der Waals surface area contributed by atoms with Gasteiger partial charge in [-0.2, -0.15) is 0 Å². The Kier molecular flexibility index (Phi) is 6.57. The highest BCUT2D eigenvalue weighted by Gasteiger charge is 2.27. The summed E-state index contributed by atoms with van der Waals surface area (Å²) in [7, 11) is 0. The molecule has 1 heterocycles. The first kappa shape index (κ1) is 17.0. The molecule has 1 saturated heterocycles. The highest BCUT2D eigenvalue weighted by molar-refractivity contribution is 5.87. The number of piperazine rings is 1. The van der Waals surface area contributed by atoms with E-state index in [1.807, 2.05) is 65.6 Å². The Balaban J connectivity index is 0.000000924. The summed E-state index contributed by atoms with van der Waals surface area (Å²) in [5.74, 6) is -0.000556. The summed E-state index contributed by atoms with van der Waals surface area (Å²) in [6.45, 7) is 9.33. The molecule has 0 radical (unpaired) electrons. The van der Waals surface area contributed by atoms with Crippen LogP contribution in [0.5, 0.6) is 0 Å². The molecule has 2 aromatic carbocycles. The van der Waals surface area contributed by atoms with E-state index in [2.05, 4.69) is 18.5 Å². The first-order valence-corrected chi connectivity index (χ1v) is 7.95. The molecule has 1 fully saturated rings. The van der Waals surface area contributed by atoms with Gasteiger partial charge in [-0.15, -0.1) is 13.2 Å². The van der Waals surface area contributed by atoms with Crippen LogP contribution >= 0.6 is 0 Å². The quantitative estimate of drug-likeness (QED) is 0.884. The lowest BCUT2D eigenvalue weighted by Crippen LogP contribution is -2.48. The molecule has 1 aliphatic rings. The molecule has 0 bridgehead atoms. The van der Waals surface area contributed by atoms with Crippen molar-refractivity contribution in [2.45, 2.75) is 5.92 Å². The van der Waals surface area contributed by atoms with E-state index < -0.39 is 0 Å². The SMILES string of the molecule is C=C.O=C(C(c1ccccc1)c1ccccc1)N1CCNCC1. The summed E-state index contributed by atoms with van der Waals surface area (Å²) < 4.78 is 0. The average molecular weight is 308 g/mol. The van der Waals surface area contributed by atoms with Crippen LogP contribution in [-0.4, -0.2) is 37.0 Å². The molecule has 120 valence electrons. The van der Waals surface area contributed by atoms with E-state index in [1.54, 1.807) is 0 Å². The maximum absolute atomic E-state index is 13.0. The van der Waals surface area contributed by atoms with Gasteiger partial charge < -0.3 is 10.2 Å². The molecule has 1 amide bonds. The van der Waals surface area contributed by atoms with Gasteiger partial charge in [0.25, 0.3) is 0 Å². The molecular weight excluding hydrogens is 284 g/mol. The molecule has 0 unspecified atom stereocenters. The zero-order chi connectivity index (χ0) is 16.5. The van der Waals surface area contributed by atoms with Gasteiger partial charge in [0.2, 0.25) is 5.91 Å². The zero-order valence-electron chi connectivity index (χ0n) is 13.4. The Morgan fingerprint density at radius 3 is 1.74 bits per heavy atom. The number of nitrogens with zero attached hydrogens (tertiary/aromatic N) is 1. The van der Waals surface area contributed by atoms with E-state index in [-0.39, 0.29) is 11.8 Å². The Hall–Kier alpha value is -2.39.